The topological polar surface area (TPSA) is 90.2 Å². The van der Waals surface area contributed by atoms with Crippen molar-refractivity contribution >= 4 is 17.3 Å². The predicted molar refractivity (Wildman–Crippen MR) is 119 cm³/mol. The number of fused-ring (bicyclic) bond motifs is 1. The largest absolute Gasteiger partial charge is 0.497 e. The molecule has 0 radical (unpaired) electrons. The zero-order valence-electron chi connectivity index (χ0n) is 17.6. The van der Waals surface area contributed by atoms with Gasteiger partial charge in [-0.05, 0) is 55.7 Å². The first-order chi connectivity index (χ1) is 15.2. The number of aryl methyl sites for hydroxylation is 2. The van der Waals surface area contributed by atoms with Crippen LogP contribution in [-0.4, -0.2) is 33.9 Å². The van der Waals surface area contributed by atoms with E-state index in [0.29, 0.717) is 25.1 Å². The normalized spacial score (nSPS) is 12.8. The molecule has 0 bridgehead atoms. The van der Waals surface area contributed by atoms with Crippen LogP contribution in [0.2, 0.25) is 0 Å². The number of rotatable bonds is 8. The van der Waals surface area contributed by atoms with E-state index in [1.165, 1.54) is 4.68 Å². The zero-order chi connectivity index (χ0) is 21.6. The number of nitrogens with zero attached hydrogens (tertiary/aromatic N) is 3. The quantitative estimate of drug-likeness (QED) is 0.546. The van der Waals surface area contributed by atoms with Gasteiger partial charge in [0.05, 0.1) is 18.4 Å². The first-order valence-electron chi connectivity index (χ1n) is 10.6. The standard InChI is InChI=1S/C23H27N5O3/c1-31-18-12-10-17(11-13-18)25-20-8-3-2-7-19(20)22(29)24-14-6-16-28-23(30)27-15-5-4-9-21(27)26-28/h2-3,7-8,10-13,25H,4-6,9,14-16H2,1H3,(H,24,29). The van der Waals surface area contributed by atoms with E-state index in [-0.39, 0.29) is 11.6 Å². The van der Waals surface area contributed by atoms with Crippen LogP contribution in [0.1, 0.15) is 35.4 Å². The molecule has 4 rings (SSSR count). The van der Waals surface area contributed by atoms with Gasteiger partial charge < -0.3 is 15.4 Å². The summed E-state index contributed by atoms with van der Waals surface area (Å²) in [7, 11) is 1.62. The molecule has 1 amide bonds. The van der Waals surface area contributed by atoms with Crippen LogP contribution in [0.4, 0.5) is 11.4 Å². The first-order valence-corrected chi connectivity index (χ1v) is 10.6. The summed E-state index contributed by atoms with van der Waals surface area (Å²) in [6, 6.07) is 14.9. The Morgan fingerprint density at radius 2 is 1.94 bits per heavy atom. The lowest BCUT2D eigenvalue weighted by molar-refractivity contribution is 0.0953. The molecule has 31 heavy (non-hydrogen) atoms. The molecule has 0 unspecified atom stereocenters. The van der Waals surface area contributed by atoms with Crippen LogP contribution >= 0.6 is 0 Å². The fourth-order valence-corrected chi connectivity index (χ4v) is 3.74. The number of amides is 1. The molecule has 8 heteroatoms. The number of nitrogens with one attached hydrogen (secondary N) is 2. The van der Waals surface area contributed by atoms with Gasteiger partial charge in [-0.3, -0.25) is 9.36 Å². The van der Waals surface area contributed by atoms with E-state index in [1.807, 2.05) is 42.5 Å². The fraction of sp³-hybridized carbons (Fsp3) is 0.348. The first kappa shape index (κ1) is 20.7. The second kappa shape index (κ2) is 9.51. The SMILES string of the molecule is COc1ccc(Nc2ccccc2C(=O)NCCCn2nc3n(c2=O)CCCC3)cc1. The Hall–Kier alpha value is -3.55. The lowest BCUT2D eigenvalue weighted by atomic mass is 10.1. The van der Waals surface area contributed by atoms with Crippen molar-refractivity contribution in [2.24, 2.45) is 0 Å². The van der Waals surface area contributed by atoms with Crippen molar-refractivity contribution in [2.75, 3.05) is 19.0 Å². The predicted octanol–water partition coefficient (Wildman–Crippen LogP) is 2.95. The van der Waals surface area contributed by atoms with Gasteiger partial charge >= 0.3 is 5.69 Å². The molecule has 0 saturated heterocycles. The number of ether oxygens (including phenoxy) is 1. The van der Waals surface area contributed by atoms with Crippen LogP contribution < -0.4 is 21.1 Å². The van der Waals surface area contributed by atoms with Gasteiger partial charge in [0.15, 0.2) is 0 Å². The van der Waals surface area contributed by atoms with Gasteiger partial charge in [0.25, 0.3) is 5.91 Å². The third-order valence-electron chi connectivity index (χ3n) is 5.40. The van der Waals surface area contributed by atoms with Crippen LogP contribution in [0.25, 0.3) is 0 Å². The summed E-state index contributed by atoms with van der Waals surface area (Å²) >= 11 is 0. The molecule has 0 aliphatic carbocycles. The number of methoxy groups -OCH3 is 1. The third kappa shape index (κ3) is 4.79. The highest BCUT2D eigenvalue weighted by atomic mass is 16.5. The minimum Gasteiger partial charge on any atom is -0.497 e. The molecule has 1 aromatic heterocycles. The monoisotopic (exact) mass is 421 g/mol. The van der Waals surface area contributed by atoms with Crippen LogP contribution in [0.5, 0.6) is 5.75 Å². The van der Waals surface area contributed by atoms with Crippen LogP contribution in [0.3, 0.4) is 0 Å². The van der Waals surface area contributed by atoms with Crippen molar-refractivity contribution < 1.29 is 9.53 Å². The van der Waals surface area contributed by atoms with E-state index in [2.05, 4.69) is 15.7 Å². The van der Waals surface area contributed by atoms with Crippen molar-refractivity contribution in [1.29, 1.82) is 0 Å². The Morgan fingerprint density at radius 3 is 2.71 bits per heavy atom. The summed E-state index contributed by atoms with van der Waals surface area (Å²) in [5.41, 5.74) is 2.11. The molecule has 0 fully saturated rings. The van der Waals surface area contributed by atoms with Crippen molar-refractivity contribution in [3.05, 3.63) is 70.4 Å². The maximum absolute atomic E-state index is 12.7. The van der Waals surface area contributed by atoms with Crippen LogP contribution in [0, 0.1) is 0 Å². The third-order valence-corrected chi connectivity index (χ3v) is 5.40. The van der Waals surface area contributed by atoms with Crippen molar-refractivity contribution in [3.63, 3.8) is 0 Å². The summed E-state index contributed by atoms with van der Waals surface area (Å²) in [5.74, 6) is 1.49. The summed E-state index contributed by atoms with van der Waals surface area (Å²) in [5, 5.41) is 10.7. The highest BCUT2D eigenvalue weighted by molar-refractivity contribution is 6.00. The Morgan fingerprint density at radius 1 is 1.13 bits per heavy atom. The number of carbonyl (C=O) groups is 1. The highest BCUT2D eigenvalue weighted by Gasteiger charge is 2.16. The Kier molecular flexibility index (Phi) is 6.35. The lowest BCUT2D eigenvalue weighted by Gasteiger charge is -2.12. The van der Waals surface area contributed by atoms with Gasteiger partial charge in [0.1, 0.15) is 11.6 Å². The molecule has 0 spiro atoms. The molecule has 3 aromatic rings. The Balaban J connectivity index is 1.34. The second-order valence-electron chi connectivity index (χ2n) is 7.54. The number of hydrogen-bond acceptors (Lipinski definition) is 5. The molecular formula is C23H27N5O3. The fourth-order valence-electron chi connectivity index (χ4n) is 3.74. The average Bonchev–Trinajstić information content (AvgIpc) is 3.13. The highest BCUT2D eigenvalue weighted by Crippen LogP contribution is 2.23. The maximum atomic E-state index is 12.7. The summed E-state index contributed by atoms with van der Waals surface area (Å²) in [6.07, 6.45) is 3.60. The van der Waals surface area contributed by atoms with Crippen molar-refractivity contribution in [1.82, 2.24) is 19.7 Å². The number of anilines is 2. The van der Waals surface area contributed by atoms with Gasteiger partial charge in [-0.25, -0.2) is 9.48 Å². The molecule has 2 heterocycles. The Labute approximate surface area is 180 Å². The molecule has 2 N–H and O–H groups in total. The van der Waals surface area contributed by atoms with E-state index in [0.717, 1.165) is 48.8 Å². The summed E-state index contributed by atoms with van der Waals surface area (Å²) in [6.45, 7) is 1.71. The van der Waals surface area contributed by atoms with Crippen LogP contribution in [-0.2, 0) is 19.5 Å². The van der Waals surface area contributed by atoms with Crippen LogP contribution in [0.15, 0.2) is 53.3 Å². The molecule has 1 aliphatic rings. The number of aromatic nitrogens is 3. The molecule has 1 aliphatic heterocycles. The van der Waals surface area contributed by atoms with Gasteiger partial charge in [-0.1, -0.05) is 12.1 Å². The van der Waals surface area contributed by atoms with Crippen molar-refractivity contribution in [2.45, 2.75) is 38.8 Å². The van der Waals surface area contributed by atoms with Gasteiger partial charge in [-0.15, -0.1) is 0 Å². The van der Waals surface area contributed by atoms with E-state index < -0.39 is 0 Å². The molecule has 8 nitrogen and oxygen atoms in total. The minimum atomic E-state index is -0.159. The number of hydrogen-bond donors (Lipinski definition) is 2. The summed E-state index contributed by atoms with van der Waals surface area (Å²) < 4.78 is 8.47. The Bertz CT molecular complexity index is 1100. The van der Waals surface area contributed by atoms with Gasteiger partial charge in [-0.2, -0.15) is 5.10 Å². The lowest BCUT2D eigenvalue weighted by Crippen LogP contribution is -2.29. The van der Waals surface area contributed by atoms with Gasteiger partial charge in [0, 0.05) is 31.7 Å². The number of carbonyl (C=O) groups excluding carboxylic acids is 1. The summed E-state index contributed by atoms with van der Waals surface area (Å²) in [4.78, 5) is 25.1. The minimum absolute atomic E-state index is 0.0462. The maximum Gasteiger partial charge on any atom is 0.345 e. The smallest absolute Gasteiger partial charge is 0.345 e. The second-order valence-corrected chi connectivity index (χ2v) is 7.54. The van der Waals surface area contributed by atoms with Gasteiger partial charge in [0.2, 0.25) is 0 Å². The van der Waals surface area contributed by atoms with E-state index in [1.54, 1.807) is 17.7 Å². The number of benzene rings is 2. The zero-order valence-corrected chi connectivity index (χ0v) is 17.6. The molecule has 0 saturated carbocycles. The van der Waals surface area contributed by atoms with Crippen molar-refractivity contribution in [3.8, 4) is 5.75 Å². The van der Waals surface area contributed by atoms with E-state index >= 15 is 0 Å². The molecule has 162 valence electrons. The molecule has 0 atom stereocenters. The average molecular weight is 422 g/mol. The van der Waals surface area contributed by atoms with E-state index in [9.17, 15) is 9.59 Å². The molecule has 2 aromatic carbocycles. The van der Waals surface area contributed by atoms with E-state index in [4.69, 9.17) is 4.74 Å². The molecular weight excluding hydrogens is 394 g/mol. The number of para-hydroxylation sites is 1.